The van der Waals surface area contributed by atoms with Gasteiger partial charge in [0.25, 0.3) is 0 Å². The second kappa shape index (κ2) is 3.55. The summed E-state index contributed by atoms with van der Waals surface area (Å²) >= 11 is 0. The Bertz CT molecular complexity index is 229. The molecule has 2 aliphatic heterocycles. The highest BCUT2D eigenvalue weighted by molar-refractivity contribution is 5.09. The molecular formula is C11H21N3. The van der Waals surface area contributed by atoms with Crippen LogP contribution in [0.1, 0.15) is 19.3 Å². The summed E-state index contributed by atoms with van der Waals surface area (Å²) in [6.07, 6.45) is 3.77. The lowest BCUT2D eigenvalue weighted by molar-refractivity contribution is 0.126. The highest BCUT2D eigenvalue weighted by Crippen LogP contribution is 2.43. The molecule has 0 aromatic heterocycles. The molecule has 0 aromatic rings. The Kier molecular flexibility index (Phi) is 2.54. The van der Waals surface area contributed by atoms with Gasteiger partial charge in [0, 0.05) is 12.2 Å². The van der Waals surface area contributed by atoms with Gasteiger partial charge in [0.1, 0.15) is 0 Å². The third kappa shape index (κ3) is 1.66. The van der Waals surface area contributed by atoms with Crippen molar-refractivity contribution in [2.75, 3.05) is 33.4 Å². The highest BCUT2D eigenvalue weighted by atomic mass is 15.2. The van der Waals surface area contributed by atoms with Crippen LogP contribution >= 0.6 is 0 Å². The molecule has 2 N–H and O–H groups in total. The number of hydrogen-bond donors (Lipinski definition) is 1. The van der Waals surface area contributed by atoms with Crippen molar-refractivity contribution >= 4 is 0 Å². The Morgan fingerprint density at radius 3 is 2.57 bits per heavy atom. The number of likely N-dealkylation sites (tertiary alicyclic amines) is 2. The molecule has 80 valence electrons. The third-order valence-electron chi connectivity index (χ3n) is 3.82. The molecule has 2 heterocycles. The van der Waals surface area contributed by atoms with Crippen molar-refractivity contribution in [1.29, 1.82) is 0 Å². The fourth-order valence-electron chi connectivity index (χ4n) is 2.74. The molecule has 0 bridgehead atoms. The van der Waals surface area contributed by atoms with E-state index in [0.29, 0.717) is 12.1 Å². The summed E-state index contributed by atoms with van der Waals surface area (Å²) in [5, 5.41) is 0. The van der Waals surface area contributed by atoms with E-state index in [1.165, 1.54) is 31.6 Å². The van der Waals surface area contributed by atoms with Crippen LogP contribution in [-0.2, 0) is 0 Å². The maximum absolute atomic E-state index is 5.70. The normalized spacial score (nSPS) is 27.6. The van der Waals surface area contributed by atoms with Crippen LogP contribution in [0, 0.1) is 5.41 Å². The predicted molar refractivity (Wildman–Crippen MR) is 58.7 cm³/mol. The molecule has 3 heteroatoms. The van der Waals surface area contributed by atoms with E-state index in [9.17, 15) is 0 Å². The van der Waals surface area contributed by atoms with Gasteiger partial charge in [0.15, 0.2) is 0 Å². The minimum atomic E-state index is 0.503. The molecule has 2 rings (SSSR count). The van der Waals surface area contributed by atoms with Crippen LogP contribution in [-0.4, -0.2) is 43.2 Å². The summed E-state index contributed by atoms with van der Waals surface area (Å²) in [7, 11) is 2.21. The minimum Gasteiger partial charge on any atom is -0.362 e. The summed E-state index contributed by atoms with van der Waals surface area (Å²) in [6.45, 7) is 8.33. The second-order valence-electron chi connectivity index (χ2n) is 4.93. The molecule has 0 amide bonds. The van der Waals surface area contributed by atoms with Gasteiger partial charge in [0.2, 0.25) is 0 Å². The van der Waals surface area contributed by atoms with E-state index in [1.54, 1.807) is 0 Å². The molecule has 0 saturated carbocycles. The standard InChI is InChI=1S/C11H21N3/c1-10-7-11(8-14(10)9-12)3-5-13(2)6-4-11/h1,3-9,12H2,2H3. The number of nitrogens with zero attached hydrogens (tertiary/aromatic N) is 2. The molecule has 0 radical (unpaired) electrons. The summed E-state index contributed by atoms with van der Waals surface area (Å²) in [5.41, 5.74) is 7.45. The minimum absolute atomic E-state index is 0.503. The first-order chi connectivity index (χ1) is 6.65. The van der Waals surface area contributed by atoms with E-state index in [-0.39, 0.29) is 0 Å². The zero-order chi connectivity index (χ0) is 10.2. The monoisotopic (exact) mass is 195 g/mol. The van der Waals surface area contributed by atoms with Crippen molar-refractivity contribution in [2.45, 2.75) is 19.3 Å². The van der Waals surface area contributed by atoms with Gasteiger partial charge in [-0.2, -0.15) is 0 Å². The molecular weight excluding hydrogens is 174 g/mol. The fourth-order valence-corrected chi connectivity index (χ4v) is 2.74. The third-order valence-corrected chi connectivity index (χ3v) is 3.82. The molecule has 0 aromatic carbocycles. The first-order valence-electron chi connectivity index (χ1n) is 5.47. The zero-order valence-electron chi connectivity index (χ0n) is 9.13. The summed E-state index contributed by atoms with van der Waals surface area (Å²) in [4.78, 5) is 4.66. The highest BCUT2D eigenvalue weighted by Gasteiger charge is 2.41. The number of hydrogen-bond acceptors (Lipinski definition) is 3. The van der Waals surface area contributed by atoms with E-state index < -0.39 is 0 Å². The van der Waals surface area contributed by atoms with Crippen LogP contribution in [0.2, 0.25) is 0 Å². The SMILES string of the molecule is C=C1CC2(CCN(C)CC2)CN1CN. The maximum atomic E-state index is 5.70. The fraction of sp³-hybridized carbons (Fsp3) is 0.818. The molecule has 0 atom stereocenters. The van der Waals surface area contributed by atoms with Crippen LogP contribution < -0.4 is 5.73 Å². The van der Waals surface area contributed by atoms with Crippen LogP contribution in [0.15, 0.2) is 12.3 Å². The van der Waals surface area contributed by atoms with Gasteiger partial charge in [-0.05, 0) is 44.8 Å². The van der Waals surface area contributed by atoms with Crippen molar-refractivity contribution in [3.8, 4) is 0 Å². The summed E-state index contributed by atoms with van der Waals surface area (Å²) < 4.78 is 0. The Morgan fingerprint density at radius 1 is 1.43 bits per heavy atom. The molecule has 0 unspecified atom stereocenters. The largest absolute Gasteiger partial charge is 0.362 e. The number of allylic oxidation sites excluding steroid dienone is 1. The first kappa shape index (κ1) is 9.99. The maximum Gasteiger partial charge on any atom is 0.0654 e. The van der Waals surface area contributed by atoms with Crippen LogP contribution in [0.25, 0.3) is 0 Å². The van der Waals surface area contributed by atoms with Crippen molar-refractivity contribution in [3.63, 3.8) is 0 Å². The van der Waals surface area contributed by atoms with Gasteiger partial charge >= 0.3 is 0 Å². The van der Waals surface area contributed by atoms with Crippen molar-refractivity contribution < 1.29 is 0 Å². The quantitative estimate of drug-likeness (QED) is 0.673. The average molecular weight is 195 g/mol. The second-order valence-corrected chi connectivity index (χ2v) is 4.93. The lowest BCUT2D eigenvalue weighted by Crippen LogP contribution is -2.40. The molecule has 14 heavy (non-hydrogen) atoms. The Labute approximate surface area is 86.5 Å². The van der Waals surface area contributed by atoms with Crippen LogP contribution in [0.5, 0.6) is 0 Å². The molecule has 0 aliphatic carbocycles. The van der Waals surface area contributed by atoms with Gasteiger partial charge in [-0.1, -0.05) is 6.58 Å². The first-order valence-corrected chi connectivity index (χ1v) is 5.47. The molecule has 2 saturated heterocycles. The molecule has 1 spiro atoms. The van der Waals surface area contributed by atoms with Gasteiger partial charge in [-0.15, -0.1) is 0 Å². The Morgan fingerprint density at radius 2 is 2.07 bits per heavy atom. The summed E-state index contributed by atoms with van der Waals surface area (Å²) in [6, 6.07) is 0. The van der Waals surface area contributed by atoms with E-state index in [1.807, 2.05) is 0 Å². The number of piperidine rings is 1. The van der Waals surface area contributed by atoms with Crippen molar-refractivity contribution in [1.82, 2.24) is 9.80 Å². The van der Waals surface area contributed by atoms with Crippen LogP contribution in [0.3, 0.4) is 0 Å². The van der Waals surface area contributed by atoms with Crippen molar-refractivity contribution in [3.05, 3.63) is 12.3 Å². The smallest absolute Gasteiger partial charge is 0.0654 e. The Hall–Kier alpha value is -0.540. The predicted octanol–water partition coefficient (Wildman–Crippen LogP) is 0.834. The lowest BCUT2D eigenvalue weighted by Gasteiger charge is -2.37. The van der Waals surface area contributed by atoms with E-state index >= 15 is 0 Å². The van der Waals surface area contributed by atoms with E-state index in [4.69, 9.17) is 5.73 Å². The topological polar surface area (TPSA) is 32.5 Å². The van der Waals surface area contributed by atoms with E-state index in [2.05, 4.69) is 23.4 Å². The van der Waals surface area contributed by atoms with Gasteiger partial charge in [-0.3, -0.25) is 0 Å². The number of nitrogens with two attached hydrogens (primary N) is 1. The molecule has 2 aliphatic rings. The number of rotatable bonds is 1. The molecule has 3 nitrogen and oxygen atoms in total. The molecule has 2 fully saturated rings. The van der Waals surface area contributed by atoms with Gasteiger partial charge in [0.05, 0.1) is 6.67 Å². The van der Waals surface area contributed by atoms with Gasteiger partial charge in [-0.25, -0.2) is 0 Å². The zero-order valence-corrected chi connectivity index (χ0v) is 9.13. The lowest BCUT2D eigenvalue weighted by atomic mass is 9.77. The summed E-state index contributed by atoms with van der Waals surface area (Å²) in [5.74, 6) is 0. The van der Waals surface area contributed by atoms with Crippen molar-refractivity contribution in [2.24, 2.45) is 11.1 Å². The average Bonchev–Trinajstić information content (AvgIpc) is 2.49. The van der Waals surface area contributed by atoms with E-state index in [0.717, 1.165) is 13.0 Å². The Balaban J connectivity index is 2.02. The van der Waals surface area contributed by atoms with Crippen LogP contribution in [0.4, 0.5) is 0 Å². The van der Waals surface area contributed by atoms with Gasteiger partial charge < -0.3 is 15.5 Å².